The SMILES string of the molecule is C=C1C(=O)[C@](C)(C(=O)OC)[C@@H](CCN2CCN(C(=O)Nc3ccccc3)CC2)O[C@H]1c1ccccc1. The van der Waals surface area contributed by atoms with E-state index in [1.54, 1.807) is 11.8 Å². The number of esters is 1. The third-order valence-electron chi connectivity index (χ3n) is 7.13. The summed E-state index contributed by atoms with van der Waals surface area (Å²) in [6.07, 6.45) is -0.822. The summed E-state index contributed by atoms with van der Waals surface area (Å²) in [7, 11) is 1.28. The highest BCUT2D eigenvalue weighted by molar-refractivity contribution is 6.13. The van der Waals surface area contributed by atoms with Crippen molar-refractivity contribution < 1.29 is 23.9 Å². The summed E-state index contributed by atoms with van der Waals surface area (Å²) in [5.41, 5.74) is 0.379. The molecule has 190 valence electrons. The monoisotopic (exact) mass is 491 g/mol. The number of benzene rings is 2. The predicted octanol–water partition coefficient (Wildman–Crippen LogP) is 3.67. The minimum atomic E-state index is -1.46. The third kappa shape index (κ3) is 5.20. The Balaban J connectivity index is 1.39. The maximum Gasteiger partial charge on any atom is 0.322 e. The summed E-state index contributed by atoms with van der Waals surface area (Å²) < 4.78 is 11.4. The first-order chi connectivity index (χ1) is 17.3. The van der Waals surface area contributed by atoms with E-state index in [4.69, 9.17) is 9.47 Å². The van der Waals surface area contributed by atoms with Crippen LogP contribution < -0.4 is 5.32 Å². The number of Topliss-reactive ketones (excluding diaryl/α,β-unsaturated/α-hetero) is 1. The number of ketones is 1. The lowest BCUT2D eigenvalue weighted by Gasteiger charge is -2.43. The van der Waals surface area contributed by atoms with Gasteiger partial charge in [0.1, 0.15) is 6.10 Å². The number of nitrogens with one attached hydrogen (secondary N) is 1. The number of carbonyl (C=O) groups is 3. The number of carbonyl (C=O) groups excluding carboxylic acids is 3. The van der Waals surface area contributed by atoms with E-state index < -0.39 is 23.6 Å². The van der Waals surface area contributed by atoms with E-state index in [-0.39, 0.29) is 17.4 Å². The zero-order chi connectivity index (χ0) is 25.7. The van der Waals surface area contributed by atoms with Crippen LogP contribution >= 0.6 is 0 Å². The van der Waals surface area contributed by atoms with Crippen LogP contribution in [0.15, 0.2) is 72.8 Å². The van der Waals surface area contributed by atoms with E-state index in [9.17, 15) is 14.4 Å². The normalized spacial score (nSPS) is 24.9. The summed E-state index contributed by atoms with van der Waals surface area (Å²) in [4.78, 5) is 42.8. The zero-order valence-corrected chi connectivity index (χ0v) is 20.8. The minimum Gasteiger partial charge on any atom is -0.468 e. The number of hydrogen-bond acceptors (Lipinski definition) is 6. The van der Waals surface area contributed by atoms with Crippen LogP contribution in [-0.4, -0.2) is 73.5 Å². The van der Waals surface area contributed by atoms with Crippen LogP contribution in [0.2, 0.25) is 0 Å². The molecule has 2 aromatic rings. The predicted molar refractivity (Wildman–Crippen MR) is 136 cm³/mol. The molecule has 1 N–H and O–H groups in total. The van der Waals surface area contributed by atoms with Gasteiger partial charge in [-0.25, -0.2) is 4.79 Å². The molecule has 36 heavy (non-hydrogen) atoms. The molecule has 0 saturated carbocycles. The second-order valence-corrected chi connectivity index (χ2v) is 9.38. The van der Waals surface area contributed by atoms with Crippen LogP contribution in [0.5, 0.6) is 0 Å². The summed E-state index contributed by atoms with van der Waals surface area (Å²) >= 11 is 0. The van der Waals surface area contributed by atoms with Gasteiger partial charge in [-0.1, -0.05) is 55.1 Å². The number of methoxy groups -OCH3 is 1. The van der Waals surface area contributed by atoms with Crippen LogP contribution in [-0.2, 0) is 19.1 Å². The highest BCUT2D eigenvalue weighted by Crippen LogP contribution is 2.44. The van der Waals surface area contributed by atoms with Crippen molar-refractivity contribution in [3.63, 3.8) is 0 Å². The van der Waals surface area contributed by atoms with Gasteiger partial charge in [0.15, 0.2) is 11.2 Å². The van der Waals surface area contributed by atoms with Gasteiger partial charge >= 0.3 is 12.0 Å². The van der Waals surface area contributed by atoms with E-state index in [1.165, 1.54) is 7.11 Å². The van der Waals surface area contributed by atoms with Crippen molar-refractivity contribution in [2.75, 3.05) is 45.2 Å². The van der Waals surface area contributed by atoms with Crippen LogP contribution in [0.1, 0.15) is 25.0 Å². The van der Waals surface area contributed by atoms with Crippen LogP contribution in [0.25, 0.3) is 0 Å². The Hall–Kier alpha value is -3.49. The molecule has 2 heterocycles. The molecule has 2 fully saturated rings. The molecule has 0 aromatic heterocycles. The van der Waals surface area contributed by atoms with Crippen molar-refractivity contribution in [1.82, 2.24) is 9.80 Å². The second-order valence-electron chi connectivity index (χ2n) is 9.38. The standard InChI is InChI=1S/C28H33N3O5/c1-20-24(21-10-6-4-7-11-21)36-23(28(2,25(20)32)26(33)35-3)14-15-30-16-18-31(19-17-30)27(34)29-22-12-8-5-9-13-22/h4-13,23-24H,1,14-19H2,2-3H3,(H,29,34)/t23-,24-,28-/m1/s1. The van der Waals surface area contributed by atoms with Gasteiger partial charge in [0.25, 0.3) is 0 Å². The number of anilines is 1. The Morgan fingerprint density at radius 3 is 2.28 bits per heavy atom. The number of nitrogens with zero attached hydrogens (tertiary/aromatic N) is 2. The van der Waals surface area contributed by atoms with E-state index in [2.05, 4.69) is 16.8 Å². The lowest BCUT2D eigenvalue weighted by Crippen LogP contribution is -2.55. The van der Waals surface area contributed by atoms with Crippen molar-refractivity contribution in [1.29, 1.82) is 0 Å². The van der Waals surface area contributed by atoms with Gasteiger partial charge < -0.3 is 19.7 Å². The van der Waals surface area contributed by atoms with Crippen molar-refractivity contribution in [2.24, 2.45) is 5.41 Å². The number of rotatable bonds is 6. The molecular formula is C28H33N3O5. The van der Waals surface area contributed by atoms with Gasteiger partial charge in [-0.3, -0.25) is 14.5 Å². The highest BCUT2D eigenvalue weighted by atomic mass is 16.5. The molecule has 2 saturated heterocycles. The van der Waals surface area contributed by atoms with Gasteiger partial charge in [0.2, 0.25) is 0 Å². The van der Waals surface area contributed by atoms with Crippen molar-refractivity contribution in [2.45, 2.75) is 25.6 Å². The van der Waals surface area contributed by atoms with Gasteiger partial charge in [0.05, 0.1) is 13.2 Å². The Labute approximate surface area is 211 Å². The maximum absolute atomic E-state index is 13.4. The van der Waals surface area contributed by atoms with Gasteiger partial charge in [-0.15, -0.1) is 0 Å². The van der Waals surface area contributed by atoms with Crippen molar-refractivity contribution >= 4 is 23.5 Å². The largest absolute Gasteiger partial charge is 0.468 e. The lowest BCUT2D eigenvalue weighted by atomic mass is 9.72. The molecule has 2 amide bonds. The molecule has 8 heteroatoms. The molecule has 0 radical (unpaired) electrons. The maximum atomic E-state index is 13.4. The molecule has 2 aliphatic heterocycles. The van der Waals surface area contributed by atoms with Crippen LogP contribution in [0.3, 0.4) is 0 Å². The summed E-state index contributed by atoms with van der Waals surface area (Å²) in [6.45, 7) is 8.72. The first-order valence-corrected chi connectivity index (χ1v) is 12.2. The van der Waals surface area contributed by atoms with Gasteiger partial charge in [-0.2, -0.15) is 0 Å². The Kier molecular flexibility index (Phi) is 7.86. The van der Waals surface area contributed by atoms with E-state index in [0.717, 1.165) is 11.3 Å². The number of hydrogen-bond donors (Lipinski definition) is 1. The second kappa shape index (κ2) is 11.1. The lowest BCUT2D eigenvalue weighted by molar-refractivity contribution is -0.177. The van der Waals surface area contributed by atoms with Crippen LogP contribution in [0, 0.1) is 5.41 Å². The Morgan fingerprint density at radius 2 is 1.67 bits per heavy atom. The first kappa shape index (κ1) is 25.6. The molecular weight excluding hydrogens is 458 g/mol. The number of piperazine rings is 1. The van der Waals surface area contributed by atoms with Gasteiger partial charge in [0, 0.05) is 44.0 Å². The van der Waals surface area contributed by atoms with Gasteiger partial charge in [-0.05, 0) is 31.0 Å². The number of amides is 2. The molecule has 0 bridgehead atoms. The molecule has 0 aliphatic carbocycles. The fourth-order valence-electron chi connectivity index (χ4n) is 4.88. The third-order valence-corrected chi connectivity index (χ3v) is 7.13. The summed E-state index contributed by atoms with van der Waals surface area (Å²) in [6, 6.07) is 18.7. The van der Waals surface area contributed by atoms with E-state index in [1.807, 2.05) is 60.7 Å². The molecule has 2 aliphatic rings. The Bertz CT molecular complexity index is 1100. The summed E-state index contributed by atoms with van der Waals surface area (Å²) in [5.74, 6) is -0.964. The highest BCUT2D eigenvalue weighted by Gasteiger charge is 2.55. The van der Waals surface area contributed by atoms with Crippen molar-refractivity contribution in [3.8, 4) is 0 Å². The van der Waals surface area contributed by atoms with E-state index in [0.29, 0.717) is 39.1 Å². The fraction of sp³-hybridized carbons (Fsp3) is 0.393. The first-order valence-electron chi connectivity index (χ1n) is 12.2. The molecule has 3 atom stereocenters. The average Bonchev–Trinajstić information content (AvgIpc) is 2.92. The fourth-order valence-corrected chi connectivity index (χ4v) is 4.88. The summed E-state index contributed by atoms with van der Waals surface area (Å²) in [5, 5.41) is 2.92. The molecule has 2 aromatic carbocycles. The van der Waals surface area contributed by atoms with Crippen LogP contribution in [0.4, 0.5) is 10.5 Å². The average molecular weight is 492 g/mol. The quantitative estimate of drug-likeness (QED) is 0.377. The van der Waals surface area contributed by atoms with E-state index >= 15 is 0 Å². The smallest absolute Gasteiger partial charge is 0.322 e. The minimum absolute atomic E-state index is 0.121. The molecule has 4 rings (SSSR count). The molecule has 0 unspecified atom stereocenters. The zero-order valence-electron chi connectivity index (χ0n) is 20.8. The Morgan fingerprint density at radius 1 is 1.06 bits per heavy atom. The topological polar surface area (TPSA) is 88.2 Å². The number of ether oxygens (including phenoxy) is 2. The number of para-hydroxylation sites is 1. The molecule has 0 spiro atoms. The van der Waals surface area contributed by atoms with Crippen molar-refractivity contribution in [3.05, 3.63) is 78.4 Å². The molecule has 8 nitrogen and oxygen atoms in total. The number of urea groups is 1.